The molecule has 0 saturated carbocycles. The number of nitrogens with one attached hydrogen (secondary N) is 1. The van der Waals surface area contributed by atoms with E-state index < -0.39 is 0 Å². The highest BCUT2D eigenvalue weighted by Crippen LogP contribution is 2.31. The number of unbranched alkanes of at least 4 members (excludes halogenated alkanes) is 1. The van der Waals surface area contributed by atoms with E-state index in [1.165, 1.54) is 0 Å². The van der Waals surface area contributed by atoms with Gasteiger partial charge >= 0.3 is 0 Å². The third-order valence-corrected chi connectivity index (χ3v) is 4.28. The molecule has 142 valence electrons. The molecule has 1 N–H and O–H groups in total. The van der Waals surface area contributed by atoms with Gasteiger partial charge in [0.25, 0.3) is 5.91 Å². The molecule has 0 spiro atoms. The fourth-order valence-electron chi connectivity index (χ4n) is 2.86. The second-order valence-electron chi connectivity index (χ2n) is 6.27. The monoisotopic (exact) mass is 368 g/mol. The number of benzene rings is 2. The van der Waals surface area contributed by atoms with E-state index in [1.54, 1.807) is 4.90 Å². The molecule has 0 aliphatic carbocycles. The first-order valence-corrected chi connectivity index (χ1v) is 9.21. The lowest BCUT2D eigenvalue weighted by molar-refractivity contribution is -0.122. The molecule has 6 heteroatoms. The largest absolute Gasteiger partial charge is 0.494 e. The highest BCUT2D eigenvalue weighted by atomic mass is 16.5. The number of para-hydroxylation sites is 3. The zero-order valence-corrected chi connectivity index (χ0v) is 15.2. The van der Waals surface area contributed by atoms with Crippen molar-refractivity contribution in [3.63, 3.8) is 0 Å². The van der Waals surface area contributed by atoms with Crippen LogP contribution in [0.5, 0.6) is 11.5 Å². The van der Waals surface area contributed by atoms with Gasteiger partial charge in [0.15, 0.2) is 6.61 Å². The lowest BCUT2D eigenvalue weighted by Crippen LogP contribution is -2.41. The SMILES string of the molecule is O=C(CCN1C(=O)COc2ccccc21)NCCCCOc1ccccc1. The van der Waals surface area contributed by atoms with E-state index in [0.29, 0.717) is 25.4 Å². The maximum absolute atomic E-state index is 12.1. The van der Waals surface area contributed by atoms with Crippen LogP contribution in [0.3, 0.4) is 0 Å². The van der Waals surface area contributed by atoms with Gasteiger partial charge in [0.2, 0.25) is 5.91 Å². The second-order valence-corrected chi connectivity index (χ2v) is 6.27. The van der Waals surface area contributed by atoms with Crippen molar-refractivity contribution < 1.29 is 19.1 Å². The van der Waals surface area contributed by atoms with E-state index in [4.69, 9.17) is 9.47 Å². The Labute approximate surface area is 159 Å². The van der Waals surface area contributed by atoms with Crippen molar-refractivity contribution in [2.45, 2.75) is 19.3 Å². The number of rotatable bonds is 9. The summed E-state index contributed by atoms with van der Waals surface area (Å²) in [5.41, 5.74) is 0.722. The molecule has 2 aromatic carbocycles. The summed E-state index contributed by atoms with van der Waals surface area (Å²) in [4.78, 5) is 25.7. The smallest absolute Gasteiger partial charge is 0.265 e. The first kappa shape index (κ1) is 18.8. The number of fused-ring (bicyclic) bond motifs is 1. The number of hydrogen-bond acceptors (Lipinski definition) is 4. The maximum Gasteiger partial charge on any atom is 0.265 e. The summed E-state index contributed by atoms with van der Waals surface area (Å²) in [6, 6.07) is 17.0. The van der Waals surface area contributed by atoms with E-state index in [1.807, 2.05) is 54.6 Å². The fourth-order valence-corrected chi connectivity index (χ4v) is 2.86. The first-order chi connectivity index (χ1) is 13.2. The first-order valence-electron chi connectivity index (χ1n) is 9.21. The van der Waals surface area contributed by atoms with Gasteiger partial charge in [0, 0.05) is 19.5 Å². The highest BCUT2D eigenvalue weighted by Gasteiger charge is 2.25. The molecule has 1 aliphatic rings. The molecule has 3 rings (SSSR count). The van der Waals surface area contributed by atoms with Crippen LogP contribution in [0.4, 0.5) is 5.69 Å². The Morgan fingerprint density at radius 1 is 1.07 bits per heavy atom. The number of nitrogens with zero attached hydrogens (tertiary/aromatic N) is 1. The van der Waals surface area contributed by atoms with Crippen molar-refractivity contribution in [1.29, 1.82) is 0 Å². The van der Waals surface area contributed by atoms with Crippen LogP contribution in [0.15, 0.2) is 54.6 Å². The summed E-state index contributed by atoms with van der Waals surface area (Å²) in [7, 11) is 0. The Morgan fingerprint density at radius 2 is 1.85 bits per heavy atom. The van der Waals surface area contributed by atoms with Crippen molar-refractivity contribution in [3.8, 4) is 11.5 Å². The van der Waals surface area contributed by atoms with Gasteiger partial charge < -0.3 is 19.7 Å². The van der Waals surface area contributed by atoms with Crippen LogP contribution in [0.2, 0.25) is 0 Å². The molecule has 0 unspecified atom stereocenters. The van der Waals surface area contributed by atoms with Crippen molar-refractivity contribution in [2.24, 2.45) is 0 Å². The molecule has 6 nitrogen and oxygen atoms in total. The third-order valence-electron chi connectivity index (χ3n) is 4.28. The van der Waals surface area contributed by atoms with Crippen molar-refractivity contribution in [2.75, 3.05) is 31.2 Å². The topological polar surface area (TPSA) is 67.9 Å². The van der Waals surface area contributed by atoms with Gasteiger partial charge in [0.05, 0.1) is 12.3 Å². The quantitative estimate of drug-likeness (QED) is 0.691. The van der Waals surface area contributed by atoms with Crippen molar-refractivity contribution in [3.05, 3.63) is 54.6 Å². The van der Waals surface area contributed by atoms with Crippen LogP contribution in [-0.2, 0) is 9.59 Å². The minimum atomic E-state index is -0.125. The van der Waals surface area contributed by atoms with Crippen molar-refractivity contribution in [1.82, 2.24) is 5.32 Å². The van der Waals surface area contributed by atoms with Crippen LogP contribution in [0.25, 0.3) is 0 Å². The molecular weight excluding hydrogens is 344 g/mol. The van der Waals surface area contributed by atoms with E-state index in [0.717, 1.165) is 24.3 Å². The molecule has 0 aromatic heterocycles. The van der Waals surface area contributed by atoms with Gasteiger partial charge in [-0.05, 0) is 37.1 Å². The predicted molar refractivity (Wildman–Crippen MR) is 103 cm³/mol. The van der Waals surface area contributed by atoms with Crippen LogP contribution >= 0.6 is 0 Å². The molecule has 0 bridgehead atoms. The van der Waals surface area contributed by atoms with Crippen LogP contribution in [-0.4, -0.2) is 38.1 Å². The Kier molecular flexibility index (Phi) is 6.68. The molecule has 0 radical (unpaired) electrons. The van der Waals surface area contributed by atoms with E-state index in [9.17, 15) is 9.59 Å². The van der Waals surface area contributed by atoms with E-state index in [-0.39, 0.29) is 24.8 Å². The van der Waals surface area contributed by atoms with Gasteiger partial charge in [-0.15, -0.1) is 0 Å². The lowest BCUT2D eigenvalue weighted by Gasteiger charge is -2.29. The number of amides is 2. The normalized spacial score (nSPS) is 12.9. The molecule has 0 fully saturated rings. The molecule has 2 aromatic rings. The highest BCUT2D eigenvalue weighted by molar-refractivity contribution is 5.98. The van der Waals surface area contributed by atoms with Gasteiger partial charge in [-0.3, -0.25) is 9.59 Å². The Hall–Kier alpha value is -3.02. The van der Waals surface area contributed by atoms with Crippen LogP contribution < -0.4 is 19.7 Å². The van der Waals surface area contributed by atoms with Crippen LogP contribution in [0.1, 0.15) is 19.3 Å². The molecule has 1 aliphatic heterocycles. The summed E-state index contributed by atoms with van der Waals surface area (Å²) in [5, 5.41) is 2.90. The van der Waals surface area contributed by atoms with Gasteiger partial charge in [-0.2, -0.15) is 0 Å². The molecule has 27 heavy (non-hydrogen) atoms. The number of anilines is 1. The summed E-state index contributed by atoms with van der Waals surface area (Å²) < 4.78 is 11.0. The molecule has 1 heterocycles. The van der Waals surface area contributed by atoms with Gasteiger partial charge in [-0.1, -0.05) is 30.3 Å². The zero-order chi connectivity index (χ0) is 18.9. The molecule has 0 atom stereocenters. The second kappa shape index (κ2) is 9.62. The molecular formula is C21H24N2O4. The number of carbonyl (C=O) groups excluding carboxylic acids is 2. The standard InChI is InChI=1S/C21H24N2O4/c24-20(22-13-6-7-15-26-17-8-2-1-3-9-17)12-14-23-18-10-4-5-11-19(18)27-16-21(23)25/h1-5,8-11H,6-7,12-16H2,(H,22,24). The molecule has 2 amide bonds. The summed E-state index contributed by atoms with van der Waals surface area (Å²) in [6.07, 6.45) is 1.98. The zero-order valence-electron chi connectivity index (χ0n) is 15.2. The Morgan fingerprint density at radius 3 is 2.70 bits per heavy atom. The number of hydrogen-bond donors (Lipinski definition) is 1. The van der Waals surface area contributed by atoms with Crippen molar-refractivity contribution >= 4 is 17.5 Å². The minimum absolute atomic E-state index is 0.0139. The van der Waals surface area contributed by atoms with Gasteiger partial charge in [0.1, 0.15) is 11.5 Å². The maximum atomic E-state index is 12.1. The van der Waals surface area contributed by atoms with E-state index >= 15 is 0 Å². The average molecular weight is 368 g/mol. The molecule has 0 saturated heterocycles. The van der Waals surface area contributed by atoms with Crippen LogP contribution in [0, 0.1) is 0 Å². The minimum Gasteiger partial charge on any atom is -0.494 e. The predicted octanol–water partition coefficient (Wildman–Crippen LogP) is 2.78. The summed E-state index contributed by atoms with van der Waals surface area (Å²) >= 11 is 0. The Balaban J connectivity index is 1.32. The fraction of sp³-hybridized carbons (Fsp3) is 0.333. The number of ether oxygens (including phenoxy) is 2. The Bertz CT molecular complexity index is 764. The summed E-state index contributed by atoms with van der Waals surface area (Å²) in [6.45, 7) is 1.59. The number of carbonyl (C=O) groups is 2. The lowest BCUT2D eigenvalue weighted by atomic mass is 10.2. The average Bonchev–Trinajstić information content (AvgIpc) is 2.70. The van der Waals surface area contributed by atoms with E-state index in [2.05, 4.69) is 5.32 Å². The third kappa shape index (κ3) is 5.48. The summed E-state index contributed by atoms with van der Waals surface area (Å²) in [5.74, 6) is 1.35. The van der Waals surface area contributed by atoms with Gasteiger partial charge in [-0.25, -0.2) is 0 Å².